The topological polar surface area (TPSA) is 75.7 Å². The first kappa shape index (κ1) is 17.0. The molecule has 26 heavy (non-hydrogen) atoms. The maximum absolute atomic E-state index is 13.6. The molecule has 1 aliphatic heterocycles. The summed E-state index contributed by atoms with van der Waals surface area (Å²) in [6.07, 6.45) is 5.50. The smallest absolute Gasteiger partial charge is 0.123 e. The van der Waals surface area contributed by atoms with Crippen molar-refractivity contribution in [2.75, 3.05) is 0 Å². The van der Waals surface area contributed by atoms with Gasteiger partial charge in [0, 0.05) is 19.0 Å². The molecule has 1 aliphatic carbocycles. The summed E-state index contributed by atoms with van der Waals surface area (Å²) >= 11 is 0. The number of aryl methyl sites for hydroxylation is 1. The van der Waals surface area contributed by atoms with E-state index in [-0.39, 0.29) is 11.9 Å². The van der Waals surface area contributed by atoms with Gasteiger partial charge in [-0.3, -0.25) is 0 Å². The summed E-state index contributed by atoms with van der Waals surface area (Å²) in [6, 6.07) is 4.54. The summed E-state index contributed by atoms with van der Waals surface area (Å²) in [6.45, 7) is 1.62. The summed E-state index contributed by atoms with van der Waals surface area (Å²) in [4.78, 5) is 1.49. The number of halogens is 1. The first-order valence-electron chi connectivity index (χ1n) is 8.99. The highest BCUT2D eigenvalue weighted by atomic mass is 19.1. The highest BCUT2D eigenvalue weighted by molar-refractivity contribution is 5.66. The third-order valence-corrected chi connectivity index (χ3v) is 4.84. The van der Waals surface area contributed by atoms with Crippen molar-refractivity contribution in [2.45, 2.75) is 44.8 Å². The van der Waals surface area contributed by atoms with Gasteiger partial charge in [-0.2, -0.15) is 25.2 Å². The number of aliphatic hydroxyl groups is 1. The van der Waals surface area contributed by atoms with Crippen LogP contribution in [0.15, 0.2) is 40.2 Å². The molecule has 0 spiro atoms. The summed E-state index contributed by atoms with van der Waals surface area (Å²) in [5.41, 5.74) is 3.47. The van der Waals surface area contributed by atoms with Gasteiger partial charge in [-0.05, 0) is 49.1 Å². The standard InChI is InChI=1S/C19H22FN5O/c1-11(26)17-8-13(20)5-6-16(17)19-18(23-25(2)24-19)10-15-9-14(21-22-15)7-12-3-4-12/h5-6,8-9,11-12,14,26H,3-4,7,10H2,1-2H3/t11-,14?/m1/s1. The number of rotatable bonds is 6. The van der Waals surface area contributed by atoms with E-state index in [0.29, 0.717) is 23.2 Å². The number of aliphatic hydroxyl groups excluding tert-OH is 1. The van der Waals surface area contributed by atoms with Crippen LogP contribution in [0.25, 0.3) is 11.3 Å². The SMILES string of the molecule is C[C@@H](O)c1cc(F)ccc1-c1nn(C)nc1CC1=CC(CC2CC2)N=N1. The Hall–Kier alpha value is -2.41. The van der Waals surface area contributed by atoms with Crippen LogP contribution in [0.4, 0.5) is 4.39 Å². The predicted octanol–water partition coefficient (Wildman–Crippen LogP) is 3.74. The average Bonchev–Trinajstić information content (AvgIpc) is 3.18. The predicted molar refractivity (Wildman–Crippen MR) is 94.8 cm³/mol. The van der Waals surface area contributed by atoms with Crippen molar-refractivity contribution < 1.29 is 9.50 Å². The Morgan fingerprint density at radius 1 is 1.31 bits per heavy atom. The van der Waals surface area contributed by atoms with Crippen molar-refractivity contribution in [3.63, 3.8) is 0 Å². The van der Waals surface area contributed by atoms with E-state index in [1.807, 2.05) is 0 Å². The fourth-order valence-corrected chi connectivity index (χ4v) is 3.38. The lowest BCUT2D eigenvalue weighted by atomic mass is 9.98. The van der Waals surface area contributed by atoms with Crippen LogP contribution in [0.1, 0.15) is 43.5 Å². The molecule has 1 fully saturated rings. The Morgan fingerprint density at radius 3 is 2.85 bits per heavy atom. The van der Waals surface area contributed by atoms with Crippen molar-refractivity contribution >= 4 is 0 Å². The highest BCUT2D eigenvalue weighted by Gasteiger charge is 2.27. The van der Waals surface area contributed by atoms with E-state index in [9.17, 15) is 9.50 Å². The lowest BCUT2D eigenvalue weighted by Gasteiger charge is -2.11. The van der Waals surface area contributed by atoms with Crippen LogP contribution in [0.3, 0.4) is 0 Å². The second-order valence-corrected chi connectivity index (χ2v) is 7.19. The zero-order valence-electron chi connectivity index (χ0n) is 14.9. The maximum Gasteiger partial charge on any atom is 0.123 e. The molecular formula is C19H22FN5O. The molecule has 1 unspecified atom stereocenters. The third-order valence-electron chi connectivity index (χ3n) is 4.84. The number of hydrogen-bond acceptors (Lipinski definition) is 5. The monoisotopic (exact) mass is 355 g/mol. The van der Waals surface area contributed by atoms with Gasteiger partial charge in [-0.1, -0.05) is 12.8 Å². The zero-order valence-corrected chi connectivity index (χ0v) is 14.9. The van der Waals surface area contributed by atoms with Crippen LogP contribution >= 0.6 is 0 Å². The maximum atomic E-state index is 13.6. The van der Waals surface area contributed by atoms with E-state index < -0.39 is 6.10 Å². The quantitative estimate of drug-likeness (QED) is 0.858. The van der Waals surface area contributed by atoms with Crippen molar-refractivity contribution in [1.82, 2.24) is 15.0 Å². The molecule has 2 aromatic rings. The minimum atomic E-state index is -0.802. The van der Waals surface area contributed by atoms with Crippen LogP contribution in [0.2, 0.25) is 0 Å². The summed E-state index contributed by atoms with van der Waals surface area (Å²) in [5, 5.41) is 27.6. The number of nitrogens with zero attached hydrogens (tertiary/aromatic N) is 5. The minimum Gasteiger partial charge on any atom is -0.389 e. The molecule has 0 saturated heterocycles. The summed E-state index contributed by atoms with van der Waals surface area (Å²) < 4.78 is 13.6. The second kappa shape index (κ2) is 6.72. The normalized spacial score (nSPS) is 20.5. The summed E-state index contributed by atoms with van der Waals surface area (Å²) in [5.74, 6) is 0.416. The Labute approximate surface area is 151 Å². The van der Waals surface area contributed by atoms with E-state index in [1.54, 1.807) is 20.0 Å². The van der Waals surface area contributed by atoms with Gasteiger partial charge >= 0.3 is 0 Å². The van der Waals surface area contributed by atoms with E-state index in [0.717, 1.165) is 23.7 Å². The van der Waals surface area contributed by atoms with Gasteiger partial charge in [0.15, 0.2) is 0 Å². The Bertz CT molecular complexity index is 882. The molecule has 7 heteroatoms. The first-order chi connectivity index (χ1) is 12.5. The number of aromatic nitrogens is 3. The molecule has 4 rings (SSSR count). The molecule has 0 radical (unpaired) electrons. The van der Waals surface area contributed by atoms with Gasteiger partial charge in [0.1, 0.15) is 11.5 Å². The van der Waals surface area contributed by atoms with Crippen molar-refractivity contribution in [1.29, 1.82) is 0 Å². The van der Waals surface area contributed by atoms with Crippen LogP contribution in [0, 0.1) is 11.7 Å². The molecule has 2 atom stereocenters. The van der Waals surface area contributed by atoms with E-state index in [4.69, 9.17) is 0 Å². The Morgan fingerprint density at radius 2 is 2.12 bits per heavy atom. The summed E-state index contributed by atoms with van der Waals surface area (Å²) in [7, 11) is 1.75. The molecule has 1 saturated carbocycles. The number of benzene rings is 1. The van der Waals surface area contributed by atoms with E-state index >= 15 is 0 Å². The molecule has 136 valence electrons. The number of allylic oxidation sites excluding steroid dienone is 1. The fraction of sp³-hybridized carbons (Fsp3) is 0.474. The van der Waals surface area contributed by atoms with Gasteiger partial charge in [0.05, 0.1) is 23.5 Å². The molecule has 1 N–H and O–H groups in total. The number of hydrogen-bond donors (Lipinski definition) is 1. The molecular weight excluding hydrogens is 333 g/mol. The molecule has 1 aromatic heterocycles. The Kier molecular flexibility index (Phi) is 4.40. The minimum absolute atomic E-state index is 0.177. The van der Waals surface area contributed by atoms with Crippen LogP contribution < -0.4 is 0 Å². The molecule has 0 amide bonds. The van der Waals surface area contributed by atoms with Gasteiger partial charge in [-0.15, -0.1) is 0 Å². The fourth-order valence-electron chi connectivity index (χ4n) is 3.38. The van der Waals surface area contributed by atoms with Crippen LogP contribution in [-0.2, 0) is 13.5 Å². The van der Waals surface area contributed by atoms with Gasteiger partial charge < -0.3 is 5.11 Å². The number of azo groups is 1. The van der Waals surface area contributed by atoms with Gasteiger partial charge in [0.25, 0.3) is 0 Å². The molecule has 0 bridgehead atoms. The Balaban J connectivity index is 1.63. The van der Waals surface area contributed by atoms with E-state index in [1.165, 1.54) is 29.8 Å². The molecule has 1 aromatic carbocycles. The first-order valence-corrected chi connectivity index (χ1v) is 8.99. The lowest BCUT2D eigenvalue weighted by Crippen LogP contribution is -2.00. The van der Waals surface area contributed by atoms with Crippen molar-refractivity contribution in [3.05, 3.63) is 47.0 Å². The third kappa shape index (κ3) is 3.58. The van der Waals surface area contributed by atoms with Crippen molar-refractivity contribution in [2.24, 2.45) is 23.2 Å². The van der Waals surface area contributed by atoms with Gasteiger partial charge in [0.2, 0.25) is 0 Å². The molecule has 2 aliphatic rings. The van der Waals surface area contributed by atoms with Crippen LogP contribution in [0.5, 0.6) is 0 Å². The van der Waals surface area contributed by atoms with Crippen molar-refractivity contribution in [3.8, 4) is 11.3 Å². The average molecular weight is 355 g/mol. The molecule has 2 heterocycles. The van der Waals surface area contributed by atoms with Gasteiger partial charge in [-0.25, -0.2) is 4.39 Å². The molecule has 6 nitrogen and oxygen atoms in total. The zero-order chi connectivity index (χ0) is 18.3. The van der Waals surface area contributed by atoms with E-state index in [2.05, 4.69) is 26.5 Å². The highest BCUT2D eigenvalue weighted by Crippen LogP contribution is 2.36. The largest absolute Gasteiger partial charge is 0.389 e. The van der Waals surface area contributed by atoms with Crippen LogP contribution in [-0.4, -0.2) is 26.1 Å². The lowest BCUT2D eigenvalue weighted by molar-refractivity contribution is 0.199. The second-order valence-electron chi connectivity index (χ2n) is 7.19.